The van der Waals surface area contributed by atoms with E-state index in [0.717, 1.165) is 29.8 Å². The third-order valence-electron chi connectivity index (χ3n) is 5.54. The average Bonchev–Trinajstić information content (AvgIpc) is 3.25. The number of amides is 2. The Morgan fingerprint density at radius 3 is 2.29 bits per heavy atom. The number of hydrogen-bond acceptors (Lipinski definition) is 4. The molecule has 1 fully saturated rings. The highest BCUT2D eigenvalue weighted by Gasteiger charge is 2.28. The minimum absolute atomic E-state index is 0.0576. The summed E-state index contributed by atoms with van der Waals surface area (Å²) < 4.78 is 42.2. The maximum absolute atomic E-state index is 14.2. The quantitative estimate of drug-likeness (QED) is 0.515. The van der Waals surface area contributed by atoms with E-state index in [-0.39, 0.29) is 12.3 Å². The van der Waals surface area contributed by atoms with E-state index < -0.39 is 32.7 Å². The van der Waals surface area contributed by atoms with Crippen molar-refractivity contribution in [3.05, 3.63) is 90.2 Å². The van der Waals surface area contributed by atoms with E-state index >= 15 is 0 Å². The fourth-order valence-corrected chi connectivity index (χ4v) is 5.10. The van der Waals surface area contributed by atoms with Crippen molar-refractivity contribution in [2.45, 2.75) is 30.2 Å². The fraction of sp³-hybridized carbons (Fsp3) is 0.200. The number of hydrogen-bond donors (Lipinski definition) is 2. The molecule has 2 N–H and O–H groups in total. The minimum Gasteiger partial charge on any atom is -0.325 e. The van der Waals surface area contributed by atoms with Crippen LogP contribution >= 0.6 is 0 Å². The molecule has 1 aliphatic rings. The Balaban J connectivity index is 1.54. The second-order valence-electron chi connectivity index (χ2n) is 7.98. The molecule has 2 amide bonds. The van der Waals surface area contributed by atoms with Crippen LogP contribution in [0.4, 0.5) is 15.8 Å². The molecule has 1 saturated heterocycles. The van der Waals surface area contributed by atoms with Crippen LogP contribution in [0.25, 0.3) is 0 Å². The number of sulfonamides is 1. The van der Waals surface area contributed by atoms with Crippen LogP contribution in [-0.2, 0) is 26.0 Å². The highest BCUT2D eigenvalue weighted by atomic mass is 32.2. The fourth-order valence-electron chi connectivity index (χ4n) is 3.83. The van der Waals surface area contributed by atoms with Gasteiger partial charge >= 0.3 is 0 Å². The van der Waals surface area contributed by atoms with Crippen LogP contribution in [0.1, 0.15) is 18.4 Å². The molecule has 4 rings (SSSR count). The summed E-state index contributed by atoms with van der Waals surface area (Å²) in [6, 6.07) is 19.5. The van der Waals surface area contributed by atoms with Crippen LogP contribution in [0, 0.1) is 5.82 Å². The van der Waals surface area contributed by atoms with Crippen molar-refractivity contribution in [2.24, 2.45) is 0 Å². The lowest BCUT2D eigenvalue weighted by atomic mass is 10.1. The zero-order valence-electron chi connectivity index (χ0n) is 18.3. The van der Waals surface area contributed by atoms with Gasteiger partial charge in [0.25, 0.3) is 0 Å². The van der Waals surface area contributed by atoms with Crippen molar-refractivity contribution in [2.75, 3.05) is 16.8 Å². The molecule has 3 aromatic rings. The van der Waals surface area contributed by atoms with Gasteiger partial charge in [0.1, 0.15) is 16.8 Å². The van der Waals surface area contributed by atoms with E-state index in [0.29, 0.717) is 18.7 Å². The molecule has 7 nitrogen and oxygen atoms in total. The summed E-state index contributed by atoms with van der Waals surface area (Å²) in [5.74, 6) is -1.43. The Labute approximate surface area is 197 Å². The first kappa shape index (κ1) is 23.6. The molecule has 1 atom stereocenters. The summed E-state index contributed by atoms with van der Waals surface area (Å²) >= 11 is 0. The van der Waals surface area contributed by atoms with Gasteiger partial charge in [0, 0.05) is 24.3 Å². The van der Waals surface area contributed by atoms with Crippen molar-refractivity contribution in [1.29, 1.82) is 0 Å². The topological polar surface area (TPSA) is 95.6 Å². The number of halogens is 1. The van der Waals surface area contributed by atoms with Crippen molar-refractivity contribution in [3.63, 3.8) is 0 Å². The Kier molecular flexibility index (Phi) is 7.04. The molecule has 0 bridgehead atoms. The van der Waals surface area contributed by atoms with E-state index in [1.54, 1.807) is 53.4 Å². The van der Waals surface area contributed by atoms with Crippen LogP contribution in [0.3, 0.4) is 0 Å². The predicted octanol–water partition coefficient (Wildman–Crippen LogP) is 3.48. The van der Waals surface area contributed by atoms with Gasteiger partial charge in [-0.15, -0.1) is 0 Å². The van der Waals surface area contributed by atoms with Gasteiger partial charge < -0.3 is 10.2 Å². The number of carbonyl (C=O) groups excluding carboxylic acids is 2. The maximum atomic E-state index is 14.2. The summed E-state index contributed by atoms with van der Waals surface area (Å²) in [5.41, 5.74) is 1.92. The number of anilines is 2. The standard InChI is InChI=1S/C25H24FN3O4S/c26-21-9-4-5-10-23(21)34(32,33)28-22(17-18-7-2-1-3-8-18)25(31)27-19-12-14-20(15-13-19)29-16-6-11-24(29)30/h1-5,7-10,12-15,22,28H,6,11,16-17H2,(H,27,31)/t22-/m1/s1. The number of carbonyl (C=O) groups is 2. The molecule has 1 heterocycles. The molecule has 176 valence electrons. The Hall–Kier alpha value is -3.56. The second kappa shape index (κ2) is 10.1. The average molecular weight is 482 g/mol. The molecule has 34 heavy (non-hydrogen) atoms. The summed E-state index contributed by atoms with van der Waals surface area (Å²) in [6.07, 6.45) is 1.39. The Morgan fingerprint density at radius 1 is 0.971 bits per heavy atom. The molecule has 1 aliphatic heterocycles. The van der Waals surface area contributed by atoms with Crippen molar-refractivity contribution >= 4 is 33.2 Å². The number of nitrogens with zero attached hydrogens (tertiary/aromatic N) is 1. The summed E-state index contributed by atoms with van der Waals surface area (Å²) in [7, 11) is -4.30. The van der Waals surface area contributed by atoms with Crippen LogP contribution in [0.5, 0.6) is 0 Å². The zero-order chi connectivity index (χ0) is 24.1. The van der Waals surface area contributed by atoms with Gasteiger partial charge in [-0.05, 0) is 54.8 Å². The van der Waals surface area contributed by atoms with Crippen molar-refractivity contribution in [1.82, 2.24) is 4.72 Å². The van der Waals surface area contributed by atoms with E-state index in [1.165, 1.54) is 12.1 Å². The molecule has 3 aromatic carbocycles. The van der Waals surface area contributed by atoms with Crippen LogP contribution in [0.2, 0.25) is 0 Å². The van der Waals surface area contributed by atoms with E-state index in [1.807, 2.05) is 6.07 Å². The highest BCUT2D eigenvalue weighted by Crippen LogP contribution is 2.23. The third kappa shape index (κ3) is 5.49. The highest BCUT2D eigenvalue weighted by molar-refractivity contribution is 7.89. The molecule has 0 aliphatic carbocycles. The molecule has 0 spiro atoms. The molecule has 0 aromatic heterocycles. The maximum Gasteiger partial charge on any atom is 0.244 e. The number of nitrogens with one attached hydrogen (secondary N) is 2. The van der Waals surface area contributed by atoms with E-state index in [2.05, 4.69) is 10.0 Å². The smallest absolute Gasteiger partial charge is 0.244 e. The van der Waals surface area contributed by atoms with Crippen LogP contribution < -0.4 is 14.9 Å². The van der Waals surface area contributed by atoms with Gasteiger partial charge in [0.2, 0.25) is 21.8 Å². The van der Waals surface area contributed by atoms with Gasteiger partial charge in [-0.1, -0.05) is 42.5 Å². The molecule has 0 radical (unpaired) electrons. The molecular formula is C25H24FN3O4S. The third-order valence-corrected chi connectivity index (χ3v) is 7.05. The normalized spacial score (nSPS) is 14.7. The number of rotatable bonds is 8. The predicted molar refractivity (Wildman–Crippen MR) is 127 cm³/mol. The van der Waals surface area contributed by atoms with Gasteiger partial charge in [0.05, 0.1) is 0 Å². The summed E-state index contributed by atoms with van der Waals surface area (Å²) in [4.78, 5) is 26.2. The largest absolute Gasteiger partial charge is 0.325 e. The first-order valence-corrected chi connectivity index (χ1v) is 12.3. The lowest BCUT2D eigenvalue weighted by Gasteiger charge is -2.20. The first-order chi connectivity index (χ1) is 16.3. The molecular weight excluding hydrogens is 457 g/mol. The van der Waals surface area contributed by atoms with Crippen molar-refractivity contribution < 1.29 is 22.4 Å². The van der Waals surface area contributed by atoms with E-state index in [4.69, 9.17) is 0 Å². The summed E-state index contributed by atoms with van der Waals surface area (Å²) in [5, 5.41) is 2.72. The molecule has 0 unspecified atom stereocenters. The monoisotopic (exact) mass is 481 g/mol. The Bertz CT molecular complexity index is 1280. The summed E-state index contributed by atoms with van der Waals surface area (Å²) in [6.45, 7) is 0.654. The SMILES string of the molecule is O=C(Nc1ccc(N2CCCC2=O)cc1)[C@@H](Cc1ccccc1)NS(=O)(=O)c1ccccc1F. The van der Waals surface area contributed by atoms with Gasteiger partial charge in [-0.2, -0.15) is 4.72 Å². The molecule has 0 saturated carbocycles. The second-order valence-corrected chi connectivity index (χ2v) is 9.66. The van der Waals surface area contributed by atoms with Gasteiger partial charge in [-0.3, -0.25) is 9.59 Å². The van der Waals surface area contributed by atoms with Crippen LogP contribution in [0.15, 0.2) is 83.8 Å². The van der Waals surface area contributed by atoms with Crippen molar-refractivity contribution in [3.8, 4) is 0 Å². The minimum atomic E-state index is -4.30. The number of benzene rings is 3. The molecule has 9 heteroatoms. The van der Waals surface area contributed by atoms with Gasteiger partial charge in [-0.25, -0.2) is 12.8 Å². The van der Waals surface area contributed by atoms with Crippen LogP contribution in [-0.4, -0.2) is 32.8 Å². The van der Waals surface area contributed by atoms with E-state index in [9.17, 15) is 22.4 Å². The Morgan fingerprint density at radius 2 is 1.65 bits per heavy atom. The lowest BCUT2D eigenvalue weighted by Crippen LogP contribution is -2.45. The zero-order valence-corrected chi connectivity index (χ0v) is 19.1. The lowest BCUT2D eigenvalue weighted by molar-refractivity contribution is -0.118. The van der Waals surface area contributed by atoms with Gasteiger partial charge in [0.15, 0.2) is 0 Å². The first-order valence-electron chi connectivity index (χ1n) is 10.9.